The van der Waals surface area contributed by atoms with Crippen LogP contribution in [0, 0.1) is 0 Å². The van der Waals surface area contributed by atoms with Gasteiger partial charge in [0.05, 0.1) is 5.01 Å². The van der Waals surface area contributed by atoms with Gasteiger partial charge in [-0.2, -0.15) is 0 Å². The molecule has 0 unspecified atom stereocenters. The summed E-state index contributed by atoms with van der Waals surface area (Å²) in [5.74, 6) is 0. The van der Waals surface area contributed by atoms with Crippen LogP contribution in [0.15, 0.2) is 11.6 Å². The summed E-state index contributed by atoms with van der Waals surface area (Å²) < 4.78 is 10.1. The van der Waals surface area contributed by atoms with Gasteiger partial charge in [-0.1, -0.05) is 7.60 Å². The van der Waals surface area contributed by atoms with Crippen LogP contribution >= 0.6 is 18.9 Å². The van der Waals surface area contributed by atoms with Crippen molar-refractivity contribution in [2.45, 2.75) is 6.16 Å². The van der Waals surface area contributed by atoms with E-state index in [2.05, 4.69) is 4.98 Å². The first-order chi connectivity index (χ1) is 4.58. The van der Waals surface area contributed by atoms with Crippen LogP contribution in [-0.4, -0.2) is 4.98 Å². The number of hydrogen-bond donors (Lipinski definition) is 0. The molecule has 0 aliphatic rings. The van der Waals surface area contributed by atoms with Gasteiger partial charge in [0, 0.05) is 17.7 Å². The predicted octanol–water partition coefficient (Wildman–Crippen LogP) is -0.443. The van der Waals surface area contributed by atoms with Gasteiger partial charge in [-0.25, -0.2) is 4.98 Å². The van der Waals surface area contributed by atoms with Crippen LogP contribution in [0.3, 0.4) is 0 Å². The van der Waals surface area contributed by atoms with Gasteiger partial charge in [0.15, 0.2) is 0 Å². The van der Waals surface area contributed by atoms with E-state index >= 15 is 0 Å². The highest BCUT2D eigenvalue weighted by molar-refractivity contribution is 7.48. The number of hydrogen-bond acceptors (Lipinski definition) is 5. The van der Waals surface area contributed by atoms with Crippen LogP contribution in [0.25, 0.3) is 0 Å². The van der Waals surface area contributed by atoms with Gasteiger partial charge in [0.1, 0.15) is 0 Å². The molecular formula is C4H4NO3PS-2. The second-order valence-corrected chi connectivity index (χ2v) is 4.21. The predicted molar refractivity (Wildman–Crippen MR) is 33.4 cm³/mol. The molecule has 0 N–H and O–H groups in total. The summed E-state index contributed by atoms with van der Waals surface area (Å²) in [4.78, 5) is 23.9. The molecule has 0 bridgehead atoms. The molecule has 0 atom stereocenters. The average molecular weight is 177 g/mol. The monoisotopic (exact) mass is 177 g/mol. The summed E-state index contributed by atoms with van der Waals surface area (Å²) in [6.45, 7) is 0. The molecule has 56 valence electrons. The topological polar surface area (TPSA) is 76.1 Å². The Balaban J connectivity index is 2.66. The van der Waals surface area contributed by atoms with Crippen LogP contribution in [0.1, 0.15) is 5.01 Å². The standard InChI is InChI=1S/C4H6NO3PS/c6-9(7,8)3-4-5-1-2-10-4/h1-2H,3H2,(H2,6,7,8)/p-2. The van der Waals surface area contributed by atoms with Crippen LogP contribution < -0.4 is 9.79 Å². The van der Waals surface area contributed by atoms with Crippen molar-refractivity contribution in [1.82, 2.24) is 4.98 Å². The number of rotatable bonds is 2. The van der Waals surface area contributed by atoms with Crippen molar-refractivity contribution >= 4 is 18.9 Å². The van der Waals surface area contributed by atoms with E-state index in [9.17, 15) is 14.4 Å². The fourth-order valence-electron chi connectivity index (χ4n) is 0.497. The van der Waals surface area contributed by atoms with Gasteiger partial charge in [0.25, 0.3) is 0 Å². The molecule has 1 aromatic rings. The molecule has 0 aliphatic heterocycles. The van der Waals surface area contributed by atoms with Crippen LogP contribution in [0.4, 0.5) is 0 Å². The number of thiazole rings is 1. The lowest BCUT2D eigenvalue weighted by atomic mass is 10.8. The van der Waals surface area contributed by atoms with Crippen molar-refractivity contribution in [3.63, 3.8) is 0 Å². The van der Waals surface area contributed by atoms with Crippen molar-refractivity contribution in [2.75, 3.05) is 0 Å². The first-order valence-corrected chi connectivity index (χ1v) is 5.08. The lowest BCUT2D eigenvalue weighted by Gasteiger charge is -2.27. The van der Waals surface area contributed by atoms with E-state index in [4.69, 9.17) is 0 Å². The lowest BCUT2D eigenvalue weighted by Crippen LogP contribution is -2.15. The Morgan fingerprint density at radius 3 is 2.80 bits per heavy atom. The summed E-state index contributed by atoms with van der Waals surface area (Å²) in [6.07, 6.45) is 1.00. The van der Waals surface area contributed by atoms with E-state index in [1.165, 1.54) is 17.5 Å². The fraction of sp³-hybridized carbons (Fsp3) is 0.250. The Morgan fingerprint density at radius 1 is 1.70 bits per heavy atom. The summed E-state index contributed by atoms with van der Waals surface area (Å²) in [5, 5.41) is 1.98. The molecule has 1 aromatic heterocycles. The summed E-state index contributed by atoms with van der Waals surface area (Å²) in [5.41, 5.74) is 0. The van der Waals surface area contributed by atoms with Crippen molar-refractivity contribution in [2.24, 2.45) is 0 Å². The molecule has 0 amide bonds. The van der Waals surface area contributed by atoms with Crippen molar-refractivity contribution in [3.8, 4) is 0 Å². The first kappa shape index (κ1) is 7.88. The number of aromatic nitrogens is 1. The molecule has 0 aromatic carbocycles. The third kappa shape index (κ3) is 2.58. The maximum Gasteiger partial charge on any atom is 0.0974 e. The maximum absolute atomic E-state index is 10.1. The molecule has 4 nitrogen and oxygen atoms in total. The van der Waals surface area contributed by atoms with Gasteiger partial charge in [-0.3, -0.25) is 0 Å². The zero-order valence-corrected chi connectivity index (χ0v) is 6.60. The first-order valence-electron chi connectivity index (χ1n) is 2.47. The molecule has 10 heavy (non-hydrogen) atoms. The normalized spacial score (nSPS) is 11.8. The molecule has 6 heteroatoms. The molecule has 1 heterocycles. The highest BCUT2D eigenvalue weighted by Crippen LogP contribution is 2.29. The molecule has 0 saturated heterocycles. The smallest absolute Gasteiger partial charge is 0.0974 e. The highest BCUT2D eigenvalue weighted by Gasteiger charge is 1.96. The average Bonchev–Trinajstić information content (AvgIpc) is 2.12. The molecule has 0 aliphatic carbocycles. The fourth-order valence-corrected chi connectivity index (χ4v) is 2.08. The minimum atomic E-state index is -4.41. The molecule has 1 rings (SSSR count). The quantitative estimate of drug-likeness (QED) is 0.573. The molecule has 0 spiro atoms. The third-order valence-electron chi connectivity index (χ3n) is 0.812. The second kappa shape index (κ2) is 2.80. The third-order valence-corrected chi connectivity index (χ3v) is 2.49. The van der Waals surface area contributed by atoms with E-state index in [-0.39, 0.29) is 0 Å². The minimum Gasteiger partial charge on any atom is -0.810 e. The van der Waals surface area contributed by atoms with E-state index in [1.807, 2.05) is 0 Å². The minimum absolute atomic E-state index is 0.355. The zero-order chi connectivity index (χ0) is 7.61. The van der Waals surface area contributed by atoms with E-state index in [1.54, 1.807) is 5.38 Å². The number of nitrogens with zero attached hydrogens (tertiary/aromatic N) is 1. The van der Waals surface area contributed by atoms with Gasteiger partial charge in [0.2, 0.25) is 0 Å². The van der Waals surface area contributed by atoms with Gasteiger partial charge >= 0.3 is 0 Å². The Bertz CT molecular complexity index is 241. The van der Waals surface area contributed by atoms with Crippen molar-refractivity contribution < 1.29 is 14.4 Å². The van der Waals surface area contributed by atoms with Gasteiger partial charge in [-0.15, -0.1) is 11.3 Å². The highest BCUT2D eigenvalue weighted by atomic mass is 32.1. The Hall–Kier alpha value is -0.220. The Kier molecular flexibility index (Phi) is 2.21. The SMILES string of the molecule is O=P([O-])([O-])Cc1nccs1. The Morgan fingerprint density at radius 2 is 2.40 bits per heavy atom. The van der Waals surface area contributed by atoms with Crippen LogP contribution in [-0.2, 0) is 10.7 Å². The van der Waals surface area contributed by atoms with Crippen LogP contribution in [0.2, 0.25) is 0 Å². The van der Waals surface area contributed by atoms with Gasteiger partial charge in [-0.05, 0) is 0 Å². The van der Waals surface area contributed by atoms with Crippen molar-refractivity contribution in [3.05, 3.63) is 16.6 Å². The molecule has 0 radical (unpaired) electrons. The lowest BCUT2D eigenvalue weighted by molar-refractivity contribution is -0.314. The van der Waals surface area contributed by atoms with Gasteiger partial charge < -0.3 is 14.4 Å². The van der Waals surface area contributed by atoms with E-state index in [0.717, 1.165) is 0 Å². The zero-order valence-electron chi connectivity index (χ0n) is 4.89. The summed E-state index contributed by atoms with van der Waals surface area (Å²) >= 11 is 1.17. The Labute approximate surface area is 61.7 Å². The largest absolute Gasteiger partial charge is 0.810 e. The van der Waals surface area contributed by atoms with E-state index in [0.29, 0.717) is 5.01 Å². The molecule has 0 fully saturated rings. The molecular weight excluding hydrogens is 173 g/mol. The second-order valence-electron chi connectivity index (χ2n) is 1.69. The van der Waals surface area contributed by atoms with Crippen molar-refractivity contribution in [1.29, 1.82) is 0 Å². The molecule has 0 saturated carbocycles. The van der Waals surface area contributed by atoms with Crippen LogP contribution in [0.5, 0.6) is 0 Å². The maximum atomic E-state index is 10.1. The van der Waals surface area contributed by atoms with E-state index < -0.39 is 13.8 Å². The summed E-state index contributed by atoms with van der Waals surface area (Å²) in [6, 6.07) is 0. The summed E-state index contributed by atoms with van der Waals surface area (Å²) in [7, 11) is -4.41.